The zero-order valence-electron chi connectivity index (χ0n) is 15.4. The third-order valence-corrected chi connectivity index (χ3v) is 5.68. The molecule has 3 aliphatic rings. The third kappa shape index (κ3) is 3.16. The van der Waals surface area contributed by atoms with Crippen molar-refractivity contribution in [3.63, 3.8) is 0 Å². The minimum absolute atomic E-state index is 0.0371. The molecule has 1 aromatic carbocycles. The van der Waals surface area contributed by atoms with Crippen LogP contribution in [0, 0.1) is 0 Å². The lowest BCUT2D eigenvalue weighted by Crippen LogP contribution is -2.31. The smallest absolute Gasteiger partial charge is 0.254 e. The Balaban J connectivity index is 1.37. The Morgan fingerprint density at radius 2 is 1.89 bits per heavy atom. The van der Waals surface area contributed by atoms with E-state index in [4.69, 9.17) is 9.47 Å². The van der Waals surface area contributed by atoms with Gasteiger partial charge in [0.2, 0.25) is 6.79 Å². The van der Waals surface area contributed by atoms with Crippen molar-refractivity contribution in [3.05, 3.63) is 41.5 Å². The van der Waals surface area contributed by atoms with Crippen LogP contribution in [0.15, 0.2) is 24.5 Å². The van der Waals surface area contributed by atoms with Gasteiger partial charge in [-0.25, -0.2) is 4.98 Å². The average Bonchev–Trinajstić information content (AvgIpc) is 3.41. The van der Waals surface area contributed by atoms with Crippen molar-refractivity contribution in [3.8, 4) is 11.5 Å². The molecule has 0 aliphatic carbocycles. The average molecular weight is 368 g/mol. The molecule has 0 radical (unpaired) electrons. The SMILES string of the molecule is O=C(c1ccc2c(c1)OCO2)N1CCCn2cnc(CN3CCCC3)c2C1. The lowest BCUT2D eigenvalue weighted by molar-refractivity contribution is 0.0744. The van der Waals surface area contributed by atoms with Gasteiger partial charge in [-0.3, -0.25) is 9.69 Å². The lowest BCUT2D eigenvalue weighted by Gasteiger charge is -2.21. The highest BCUT2D eigenvalue weighted by atomic mass is 16.7. The van der Waals surface area contributed by atoms with Crippen LogP contribution in [0.2, 0.25) is 0 Å². The van der Waals surface area contributed by atoms with Crippen LogP contribution in [0.1, 0.15) is 41.0 Å². The number of aromatic nitrogens is 2. The molecule has 0 unspecified atom stereocenters. The van der Waals surface area contributed by atoms with Gasteiger partial charge in [0, 0.05) is 25.2 Å². The predicted octanol–water partition coefficient (Wildman–Crippen LogP) is 2.25. The summed E-state index contributed by atoms with van der Waals surface area (Å²) >= 11 is 0. The molecular formula is C20H24N4O3. The number of amides is 1. The van der Waals surface area contributed by atoms with Crippen LogP contribution in [0.5, 0.6) is 11.5 Å². The highest BCUT2D eigenvalue weighted by Gasteiger charge is 2.26. The Morgan fingerprint density at radius 1 is 1.04 bits per heavy atom. The Kier molecular flexibility index (Phi) is 4.24. The molecule has 1 fully saturated rings. The number of aryl methyl sites for hydroxylation is 1. The Morgan fingerprint density at radius 3 is 2.78 bits per heavy atom. The van der Waals surface area contributed by atoms with Crippen LogP contribution in [0.25, 0.3) is 0 Å². The predicted molar refractivity (Wildman–Crippen MR) is 98.7 cm³/mol. The fraction of sp³-hybridized carbons (Fsp3) is 0.500. The van der Waals surface area contributed by atoms with Gasteiger partial charge in [-0.15, -0.1) is 0 Å². The van der Waals surface area contributed by atoms with E-state index in [1.54, 1.807) is 6.07 Å². The molecule has 1 aromatic heterocycles. The van der Waals surface area contributed by atoms with E-state index in [1.807, 2.05) is 23.4 Å². The van der Waals surface area contributed by atoms with Gasteiger partial charge in [0.25, 0.3) is 5.91 Å². The molecule has 4 heterocycles. The topological polar surface area (TPSA) is 59.8 Å². The van der Waals surface area contributed by atoms with Crippen LogP contribution in [-0.2, 0) is 19.6 Å². The van der Waals surface area contributed by atoms with Crippen molar-refractivity contribution in [1.82, 2.24) is 19.4 Å². The normalized spacial score (nSPS) is 19.2. The molecular weight excluding hydrogens is 344 g/mol. The first kappa shape index (κ1) is 16.6. The second kappa shape index (κ2) is 6.88. The van der Waals surface area contributed by atoms with Crippen LogP contribution in [0.3, 0.4) is 0 Å². The number of rotatable bonds is 3. The maximum absolute atomic E-state index is 13.1. The summed E-state index contributed by atoms with van der Waals surface area (Å²) in [5, 5.41) is 0. The number of hydrogen-bond acceptors (Lipinski definition) is 5. The van der Waals surface area contributed by atoms with Gasteiger partial charge in [0.05, 0.1) is 24.3 Å². The van der Waals surface area contributed by atoms with E-state index in [-0.39, 0.29) is 12.7 Å². The van der Waals surface area contributed by atoms with E-state index in [1.165, 1.54) is 18.5 Å². The summed E-state index contributed by atoms with van der Waals surface area (Å²) in [7, 11) is 0. The van der Waals surface area contributed by atoms with Crippen LogP contribution >= 0.6 is 0 Å². The quantitative estimate of drug-likeness (QED) is 0.832. The molecule has 1 saturated heterocycles. The Bertz CT molecular complexity index is 857. The lowest BCUT2D eigenvalue weighted by atomic mass is 10.1. The molecule has 5 rings (SSSR count). The van der Waals surface area contributed by atoms with Gasteiger partial charge < -0.3 is 18.9 Å². The van der Waals surface area contributed by atoms with E-state index in [9.17, 15) is 4.79 Å². The molecule has 27 heavy (non-hydrogen) atoms. The molecule has 0 bridgehead atoms. The molecule has 1 amide bonds. The third-order valence-electron chi connectivity index (χ3n) is 5.68. The van der Waals surface area contributed by atoms with Crippen LogP contribution in [0.4, 0.5) is 0 Å². The zero-order chi connectivity index (χ0) is 18.2. The molecule has 0 spiro atoms. The van der Waals surface area contributed by atoms with Crippen molar-refractivity contribution in [2.45, 2.75) is 38.9 Å². The molecule has 142 valence electrons. The number of fused-ring (bicyclic) bond motifs is 2. The van der Waals surface area contributed by atoms with Crippen molar-refractivity contribution < 1.29 is 14.3 Å². The van der Waals surface area contributed by atoms with E-state index >= 15 is 0 Å². The molecule has 3 aliphatic heterocycles. The number of hydrogen-bond donors (Lipinski definition) is 0. The fourth-order valence-electron chi connectivity index (χ4n) is 4.19. The molecule has 2 aromatic rings. The fourth-order valence-corrected chi connectivity index (χ4v) is 4.19. The summed E-state index contributed by atoms with van der Waals surface area (Å²) in [6.07, 6.45) is 5.41. The van der Waals surface area contributed by atoms with Gasteiger partial charge >= 0.3 is 0 Å². The number of carbonyl (C=O) groups excluding carboxylic acids is 1. The first-order valence-electron chi connectivity index (χ1n) is 9.72. The van der Waals surface area contributed by atoms with Gasteiger partial charge in [-0.2, -0.15) is 0 Å². The second-order valence-corrected chi connectivity index (χ2v) is 7.46. The van der Waals surface area contributed by atoms with Crippen LogP contribution < -0.4 is 9.47 Å². The summed E-state index contributed by atoms with van der Waals surface area (Å²) in [4.78, 5) is 22.2. The Hall–Kier alpha value is -2.54. The van der Waals surface area contributed by atoms with E-state index < -0.39 is 0 Å². The summed E-state index contributed by atoms with van der Waals surface area (Å²) < 4.78 is 13.0. The maximum Gasteiger partial charge on any atom is 0.254 e. The minimum atomic E-state index is 0.0371. The molecule has 0 N–H and O–H groups in total. The molecule has 0 saturated carbocycles. The second-order valence-electron chi connectivity index (χ2n) is 7.46. The van der Waals surface area contributed by atoms with Gasteiger partial charge in [0.1, 0.15) is 0 Å². The standard InChI is InChI=1S/C20H24N4O3/c25-20(15-4-5-18-19(10-15)27-14-26-18)23-8-3-9-24-13-21-16(17(24)12-23)11-22-6-1-2-7-22/h4-5,10,13H,1-3,6-9,11-12,14H2. The number of carbonyl (C=O) groups is 1. The van der Waals surface area contributed by atoms with Gasteiger partial charge in [-0.1, -0.05) is 0 Å². The number of likely N-dealkylation sites (tertiary alicyclic amines) is 1. The molecule has 7 heteroatoms. The van der Waals surface area contributed by atoms with E-state index in [2.05, 4.69) is 14.5 Å². The molecule has 7 nitrogen and oxygen atoms in total. The summed E-state index contributed by atoms with van der Waals surface area (Å²) in [5.41, 5.74) is 2.93. The number of ether oxygens (including phenoxy) is 2. The summed E-state index contributed by atoms with van der Waals surface area (Å²) in [5.74, 6) is 1.39. The molecule has 0 atom stereocenters. The van der Waals surface area contributed by atoms with E-state index in [0.29, 0.717) is 23.6 Å². The maximum atomic E-state index is 13.1. The largest absolute Gasteiger partial charge is 0.454 e. The van der Waals surface area contributed by atoms with Crippen molar-refractivity contribution in [2.24, 2.45) is 0 Å². The zero-order valence-corrected chi connectivity index (χ0v) is 15.4. The van der Waals surface area contributed by atoms with Crippen molar-refractivity contribution in [1.29, 1.82) is 0 Å². The van der Waals surface area contributed by atoms with Crippen molar-refractivity contribution in [2.75, 3.05) is 26.4 Å². The minimum Gasteiger partial charge on any atom is -0.454 e. The summed E-state index contributed by atoms with van der Waals surface area (Å²) in [6, 6.07) is 5.43. The first-order valence-corrected chi connectivity index (χ1v) is 9.72. The monoisotopic (exact) mass is 368 g/mol. The highest BCUT2D eigenvalue weighted by Crippen LogP contribution is 2.33. The van der Waals surface area contributed by atoms with Crippen LogP contribution in [-0.4, -0.2) is 51.7 Å². The first-order chi connectivity index (χ1) is 13.3. The van der Waals surface area contributed by atoms with E-state index in [0.717, 1.165) is 44.8 Å². The van der Waals surface area contributed by atoms with Gasteiger partial charge in [-0.05, 0) is 50.6 Å². The number of imidazole rings is 1. The number of benzene rings is 1. The highest BCUT2D eigenvalue weighted by molar-refractivity contribution is 5.95. The summed E-state index contributed by atoms with van der Waals surface area (Å²) in [6.45, 7) is 5.66. The number of nitrogens with zero attached hydrogens (tertiary/aromatic N) is 4. The Labute approximate surface area is 158 Å². The van der Waals surface area contributed by atoms with Gasteiger partial charge in [0.15, 0.2) is 11.5 Å². The van der Waals surface area contributed by atoms with Crippen molar-refractivity contribution >= 4 is 5.91 Å².